The minimum absolute atomic E-state index is 0. The Hall–Kier alpha value is 2.76. The van der Waals surface area contributed by atoms with E-state index in [2.05, 4.69) is 125 Å². The van der Waals surface area contributed by atoms with Gasteiger partial charge >= 0.3 is 40.8 Å². The maximum Gasteiger partial charge on any atom is 2.00 e. The van der Waals surface area contributed by atoms with Crippen molar-refractivity contribution in [1.82, 2.24) is 0 Å². The van der Waals surface area contributed by atoms with Crippen LogP contribution in [0.5, 0.6) is 0 Å². The summed E-state index contributed by atoms with van der Waals surface area (Å²) in [6.07, 6.45) is 0. The van der Waals surface area contributed by atoms with Crippen LogP contribution in [0, 0.1) is 13.8 Å². The molecule has 6 heteroatoms. The Bertz CT molecular complexity index is 318. The fourth-order valence-electron chi connectivity index (χ4n) is 5.64. The van der Waals surface area contributed by atoms with Crippen LogP contribution in [0.15, 0.2) is 0 Å². The minimum Gasteiger partial charge on any atom is -1.00 e. The van der Waals surface area contributed by atoms with Gasteiger partial charge in [0, 0.05) is 0 Å². The van der Waals surface area contributed by atoms with Gasteiger partial charge in [0.1, 0.15) is 0 Å². The number of halogens is 2. The Morgan fingerprint density at radius 1 is 0.367 bits per heavy atom. The molecule has 0 aromatic rings. The van der Waals surface area contributed by atoms with Gasteiger partial charge < -0.3 is 38.7 Å². The van der Waals surface area contributed by atoms with Crippen molar-refractivity contribution in [2.24, 2.45) is 0 Å². The third-order valence-electron chi connectivity index (χ3n) is 3.89. The molecule has 0 atom stereocenters. The van der Waals surface area contributed by atoms with Crippen LogP contribution in [0.1, 0.15) is 111 Å². The Labute approximate surface area is 235 Å². The molecule has 0 aromatic carbocycles. The molecule has 30 heavy (non-hydrogen) atoms. The largest absolute Gasteiger partial charge is 2.00 e. The fraction of sp³-hybridized carbons (Fsp3) is 0.917. The van der Waals surface area contributed by atoms with Gasteiger partial charge in [-0.05, 0) is 20.6 Å². The summed E-state index contributed by atoms with van der Waals surface area (Å²) in [6, 6.07) is 0. The van der Waals surface area contributed by atoms with E-state index in [0.29, 0.717) is 20.6 Å². The minimum atomic E-state index is -0.0949. The SMILES string of the molecule is [CH2-]C(C)(C)P(C(C)(C)C)C(C)(C)C.[CH2-]C(C)(C)P(C(C)(C)C)C(C)(C)C.[Cl-].[Cl-].[Pd+2].[Pd+2]. The van der Waals surface area contributed by atoms with Gasteiger partial charge in [-0.15, -0.1) is 26.2 Å². The summed E-state index contributed by atoms with van der Waals surface area (Å²) in [6.45, 7) is 45.9. The first-order valence-electron chi connectivity index (χ1n) is 10.0. The maximum atomic E-state index is 4.33. The van der Waals surface area contributed by atoms with E-state index in [1.165, 1.54) is 0 Å². The van der Waals surface area contributed by atoms with E-state index in [0.717, 1.165) is 0 Å². The van der Waals surface area contributed by atoms with Crippen molar-refractivity contribution >= 4 is 15.8 Å². The maximum absolute atomic E-state index is 4.33. The molecule has 0 nitrogen and oxygen atoms in total. The molecule has 0 rings (SSSR count). The van der Waals surface area contributed by atoms with Crippen LogP contribution in [0.4, 0.5) is 0 Å². The first kappa shape index (κ1) is 46.1. The second-order valence-electron chi connectivity index (χ2n) is 13.0. The molecule has 0 bridgehead atoms. The molecule has 0 unspecified atom stereocenters. The summed E-state index contributed by atoms with van der Waals surface area (Å²) >= 11 is 0. The summed E-state index contributed by atoms with van der Waals surface area (Å²) < 4.78 is 0. The zero-order valence-corrected chi connectivity index (χ0v) is 29.1. The van der Waals surface area contributed by atoms with Crippen molar-refractivity contribution in [1.29, 1.82) is 0 Å². The molecule has 0 saturated heterocycles. The van der Waals surface area contributed by atoms with Crippen molar-refractivity contribution < 1.29 is 65.7 Å². The average Bonchev–Trinajstić information content (AvgIpc) is 1.97. The van der Waals surface area contributed by atoms with Gasteiger partial charge in [-0.25, -0.2) is 0 Å². The second kappa shape index (κ2) is 15.0. The number of hydrogen-bond acceptors (Lipinski definition) is 0. The van der Waals surface area contributed by atoms with Crippen molar-refractivity contribution in [3.05, 3.63) is 13.8 Å². The molecule has 0 aliphatic heterocycles. The summed E-state index contributed by atoms with van der Waals surface area (Å²) in [5.41, 5.74) is 0. The average molecular weight is 686 g/mol. The van der Waals surface area contributed by atoms with Crippen LogP contribution in [0.3, 0.4) is 0 Å². The third-order valence-corrected chi connectivity index (χ3v) is 11.7. The fourth-order valence-corrected chi connectivity index (χ4v) is 16.9. The summed E-state index contributed by atoms with van der Waals surface area (Å²) in [5.74, 6) is 0. The molecule has 0 saturated carbocycles. The molecule has 0 amide bonds. The molecule has 0 N–H and O–H groups in total. The van der Waals surface area contributed by atoms with Gasteiger partial charge in [0.05, 0.1) is 0 Å². The molecule has 0 spiro atoms. The smallest absolute Gasteiger partial charge is 1.00 e. The van der Waals surface area contributed by atoms with Crippen molar-refractivity contribution in [3.63, 3.8) is 0 Å². The van der Waals surface area contributed by atoms with E-state index in [-0.39, 0.29) is 91.8 Å². The van der Waals surface area contributed by atoms with Gasteiger partial charge in [0.15, 0.2) is 0 Å². The van der Waals surface area contributed by atoms with Gasteiger partial charge in [0.25, 0.3) is 0 Å². The van der Waals surface area contributed by atoms with Crippen LogP contribution in [-0.4, -0.2) is 30.9 Å². The Balaban J connectivity index is -0.0000000847. The molecular formula is C24H52Cl2P2Pd2. The number of hydrogen-bond donors (Lipinski definition) is 0. The van der Waals surface area contributed by atoms with Gasteiger partial charge in [0.2, 0.25) is 0 Å². The van der Waals surface area contributed by atoms with E-state index in [4.69, 9.17) is 0 Å². The van der Waals surface area contributed by atoms with E-state index in [1.54, 1.807) is 0 Å². The van der Waals surface area contributed by atoms with Crippen LogP contribution in [0.25, 0.3) is 0 Å². The van der Waals surface area contributed by atoms with E-state index < -0.39 is 0 Å². The van der Waals surface area contributed by atoms with Crippen LogP contribution < -0.4 is 24.8 Å². The third kappa shape index (κ3) is 18.1. The topological polar surface area (TPSA) is 0 Å². The van der Waals surface area contributed by atoms with E-state index in [9.17, 15) is 0 Å². The first-order chi connectivity index (χ1) is 10.7. The number of rotatable bonds is 2. The zero-order chi connectivity index (χ0) is 22.2. The molecule has 0 aliphatic carbocycles. The molecule has 0 aromatic heterocycles. The molecule has 0 aliphatic rings. The van der Waals surface area contributed by atoms with Gasteiger partial charge in [-0.3, -0.25) is 0 Å². The normalized spacial score (nSPS) is 13.2. The molecule has 0 fully saturated rings. The van der Waals surface area contributed by atoms with Gasteiger partial charge in [-0.2, -0.15) is 0 Å². The van der Waals surface area contributed by atoms with E-state index in [1.807, 2.05) is 0 Å². The Morgan fingerprint density at radius 2 is 0.467 bits per heavy atom. The predicted molar refractivity (Wildman–Crippen MR) is 132 cm³/mol. The quantitative estimate of drug-likeness (QED) is 0.238. The Kier molecular flexibility index (Phi) is 23.1. The molecular weight excluding hydrogens is 634 g/mol. The molecule has 192 valence electrons. The molecule has 0 radical (unpaired) electrons. The second-order valence-corrected chi connectivity index (χ2v) is 22.1. The van der Waals surface area contributed by atoms with Crippen molar-refractivity contribution in [2.75, 3.05) is 0 Å². The summed E-state index contributed by atoms with van der Waals surface area (Å²) in [5, 5.41) is 1.95. The first-order valence-corrected chi connectivity index (χ1v) is 12.7. The van der Waals surface area contributed by atoms with Crippen LogP contribution in [-0.2, 0) is 40.8 Å². The van der Waals surface area contributed by atoms with Crippen LogP contribution in [0.2, 0.25) is 0 Å². The van der Waals surface area contributed by atoms with Gasteiger partial charge in [-0.1, -0.05) is 111 Å². The standard InChI is InChI=1S/2C12H26P.2ClH.2Pd/c2*1-10(2,3)13(11(4,5)6)12(7,8)9;;;;/h2*1H2,2-9H3;2*1H;;/q2*-1;;;2*+2/p-2. The van der Waals surface area contributed by atoms with Crippen LogP contribution >= 0.6 is 15.8 Å². The predicted octanol–water partition coefficient (Wildman–Crippen LogP) is 3.36. The Morgan fingerprint density at radius 3 is 0.467 bits per heavy atom. The summed E-state index contributed by atoms with van der Waals surface area (Å²) in [4.78, 5) is 0. The van der Waals surface area contributed by atoms with Crippen molar-refractivity contribution in [3.8, 4) is 0 Å². The van der Waals surface area contributed by atoms with E-state index >= 15 is 0 Å². The monoisotopic (exact) mass is 684 g/mol. The van der Waals surface area contributed by atoms with Crippen molar-refractivity contribution in [2.45, 2.75) is 142 Å². The zero-order valence-electron chi connectivity index (χ0n) is 22.7. The molecule has 0 heterocycles. The summed E-state index contributed by atoms with van der Waals surface area (Å²) in [7, 11) is -0.190.